The summed E-state index contributed by atoms with van der Waals surface area (Å²) in [6, 6.07) is 24.3. The fourth-order valence-corrected chi connectivity index (χ4v) is 6.24. The highest BCUT2D eigenvalue weighted by atomic mass is 32.1. The first-order chi connectivity index (χ1) is 19.2. The van der Waals surface area contributed by atoms with Crippen LogP contribution in [0.4, 0.5) is 5.13 Å². The first kappa shape index (κ1) is 24.9. The predicted molar refractivity (Wildman–Crippen MR) is 153 cm³/mol. The van der Waals surface area contributed by atoms with Gasteiger partial charge in [-0.3, -0.25) is 0 Å². The van der Waals surface area contributed by atoms with Crippen molar-refractivity contribution in [2.75, 3.05) is 31.2 Å². The van der Waals surface area contributed by atoms with E-state index in [2.05, 4.69) is 35.2 Å². The van der Waals surface area contributed by atoms with Crippen LogP contribution in [0.5, 0.6) is 0 Å². The molecule has 2 aliphatic heterocycles. The smallest absolute Gasteiger partial charge is 0.186 e. The molecule has 192 valence electrons. The molecule has 0 unspecified atom stereocenters. The molecular formula is C32H26N4O2S. The van der Waals surface area contributed by atoms with Gasteiger partial charge in [0.15, 0.2) is 5.13 Å². The van der Waals surface area contributed by atoms with Crippen molar-refractivity contribution >= 4 is 28.3 Å². The number of hydrogen-bond donors (Lipinski definition) is 0. The second-order valence-corrected chi connectivity index (χ2v) is 10.5. The summed E-state index contributed by atoms with van der Waals surface area (Å²) in [6.45, 7) is 3.04. The summed E-state index contributed by atoms with van der Waals surface area (Å²) < 4.78 is 12.1. The molecule has 1 aromatic heterocycles. The minimum absolute atomic E-state index is 0.109. The second-order valence-electron chi connectivity index (χ2n) is 9.49. The van der Waals surface area contributed by atoms with Crippen molar-refractivity contribution in [2.24, 2.45) is 0 Å². The minimum atomic E-state index is 0.109. The maximum atomic E-state index is 9.76. The Hall–Kier alpha value is -4.43. The number of nitrogens with zero attached hydrogens (tertiary/aromatic N) is 4. The maximum absolute atomic E-state index is 9.76. The third-order valence-corrected chi connectivity index (χ3v) is 8.14. The van der Waals surface area contributed by atoms with Gasteiger partial charge in [0.1, 0.15) is 29.2 Å². The molecule has 0 N–H and O–H groups in total. The average Bonchev–Trinajstić information content (AvgIpc) is 3.43. The molecule has 6 nitrogen and oxygen atoms in total. The van der Waals surface area contributed by atoms with Crippen LogP contribution in [0.15, 0.2) is 94.8 Å². The quantitative estimate of drug-likeness (QED) is 0.342. The van der Waals surface area contributed by atoms with E-state index >= 15 is 0 Å². The van der Waals surface area contributed by atoms with Gasteiger partial charge in [-0.1, -0.05) is 72.0 Å². The molecule has 3 aromatic rings. The Bertz CT molecular complexity index is 1580. The summed E-state index contributed by atoms with van der Waals surface area (Å²) in [7, 11) is 0. The second kappa shape index (κ2) is 11.1. The van der Waals surface area contributed by atoms with Crippen LogP contribution in [-0.4, -0.2) is 31.3 Å². The number of nitriles is 2. The number of rotatable bonds is 4. The van der Waals surface area contributed by atoms with Crippen LogP contribution >= 0.6 is 11.3 Å². The molecule has 6 rings (SSSR count). The Kier molecular flexibility index (Phi) is 7.10. The van der Waals surface area contributed by atoms with Crippen LogP contribution in [0.2, 0.25) is 0 Å². The van der Waals surface area contributed by atoms with Crippen molar-refractivity contribution in [2.45, 2.75) is 19.3 Å². The summed E-state index contributed by atoms with van der Waals surface area (Å²) in [5.41, 5.74) is 5.66. The molecule has 39 heavy (non-hydrogen) atoms. The Morgan fingerprint density at radius 3 is 2.31 bits per heavy atom. The molecule has 0 radical (unpaired) electrons. The largest absolute Gasteiger partial charge is 0.456 e. The molecule has 1 saturated heterocycles. The molecule has 0 saturated carbocycles. The van der Waals surface area contributed by atoms with E-state index in [1.807, 2.05) is 54.6 Å². The first-order valence-corrected chi connectivity index (χ1v) is 13.9. The minimum Gasteiger partial charge on any atom is -0.456 e. The highest BCUT2D eigenvalue weighted by molar-refractivity contribution is 7.17. The standard InChI is InChI=1S/C32H26N4O2S/c33-20-25(21-34)27-19-28(22-8-3-1-4-9-22)38-31-24(12-7-13-26(27)31)18-29-30(23-10-5-2-6-11-23)35-32(39-29)36-14-16-37-17-15-36/h1-6,8-11,18-19H,7,12-17H2/b24-18+. The van der Waals surface area contributed by atoms with E-state index in [-0.39, 0.29) is 5.57 Å². The Morgan fingerprint density at radius 1 is 0.923 bits per heavy atom. The van der Waals surface area contributed by atoms with E-state index in [0.29, 0.717) is 24.5 Å². The number of morpholine rings is 1. The molecule has 0 amide bonds. The van der Waals surface area contributed by atoms with Crippen LogP contribution in [0, 0.1) is 22.7 Å². The molecule has 3 heterocycles. The first-order valence-electron chi connectivity index (χ1n) is 13.1. The van der Waals surface area contributed by atoms with Crippen LogP contribution < -0.4 is 4.90 Å². The van der Waals surface area contributed by atoms with E-state index in [1.165, 1.54) is 0 Å². The topological polar surface area (TPSA) is 82.2 Å². The van der Waals surface area contributed by atoms with Gasteiger partial charge in [0.2, 0.25) is 0 Å². The normalized spacial score (nSPS) is 18.1. The lowest BCUT2D eigenvalue weighted by Gasteiger charge is -2.29. The van der Waals surface area contributed by atoms with Crippen molar-refractivity contribution in [1.29, 1.82) is 10.5 Å². The predicted octanol–water partition coefficient (Wildman–Crippen LogP) is 6.88. The lowest BCUT2D eigenvalue weighted by atomic mass is 9.84. The monoisotopic (exact) mass is 530 g/mol. The summed E-state index contributed by atoms with van der Waals surface area (Å²) in [6.07, 6.45) is 6.54. The number of hydrogen-bond acceptors (Lipinski definition) is 7. The van der Waals surface area contributed by atoms with Crippen molar-refractivity contribution in [3.8, 4) is 23.4 Å². The third kappa shape index (κ3) is 5.03. The summed E-state index contributed by atoms with van der Waals surface area (Å²) in [5, 5.41) is 20.5. The fourth-order valence-electron chi connectivity index (χ4n) is 5.14. The number of allylic oxidation sites excluding steroid dienone is 5. The Labute approximate surface area is 232 Å². The summed E-state index contributed by atoms with van der Waals surface area (Å²) in [4.78, 5) is 8.44. The van der Waals surface area contributed by atoms with Gasteiger partial charge in [0.05, 0.1) is 23.8 Å². The van der Waals surface area contributed by atoms with E-state index in [0.717, 1.165) is 76.1 Å². The van der Waals surface area contributed by atoms with Gasteiger partial charge >= 0.3 is 0 Å². The number of ether oxygens (including phenoxy) is 2. The highest BCUT2D eigenvalue weighted by Gasteiger charge is 2.29. The summed E-state index contributed by atoms with van der Waals surface area (Å²) >= 11 is 1.68. The van der Waals surface area contributed by atoms with Gasteiger partial charge in [-0.05, 0) is 37.0 Å². The average molecular weight is 531 g/mol. The van der Waals surface area contributed by atoms with Gasteiger partial charge < -0.3 is 14.4 Å². The molecule has 3 aliphatic rings. The van der Waals surface area contributed by atoms with Gasteiger partial charge in [-0.15, -0.1) is 0 Å². The highest BCUT2D eigenvalue weighted by Crippen LogP contribution is 2.45. The summed E-state index contributed by atoms with van der Waals surface area (Å²) in [5.74, 6) is 1.39. The SMILES string of the molecule is N#CC(C#N)=C1C=C(c2ccccc2)OC2=C1CCC/C2=C\c1sc(N2CCOCC2)nc1-c1ccccc1. The van der Waals surface area contributed by atoms with Gasteiger partial charge in [0, 0.05) is 35.4 Å². The zero-order valence-corrected chi connectivity index (χ0v) is 22.2. The zero-order chi connectivity index (χ0) is 26.6. The van der Waals surface area contributed by atoms with Crippen molar-refractivity contribution in [1.82, 2.24) is 4.98 Å². The molecule has 2 aromatic carbocycles. The number of thiazole rings is 1. The molecule has 0 atom stereocenters. The van der Waals surface area contributed by atoms with Crippen molar-refractivity contribution in [3.63, 3.8) is 0 Å². The number of anilines is 1. The van der Waals surface area contributed by atoms with E-state index in [4.69, 9.17) is 14.5 Å². The van der Waals surface area contributed by atoms with E-state index in [9.17, 15) is 10.5 Å². The van der Waals surface area contributed by atoms with Gasteiger partial charge in [-0.25, -0.2) is 4.98 Å². The Balaban J connectivity index is 1.48. The number of aromatic nitrogens is 1. The maximum Gasteiger partial charge on any atom is 0.186 e. The van der Waals surface area contributed by atoms with E-state index < -0.39 is 0 Å². The van der Waals surface area contributed by atoms with Gasteiger partial charge in [0.25, 0.3) is 0 Å². The molecule has 1 fully saturated rings. The molecule has 0 spiro atoms. The van der Waals surface area contributed by atoms with Crippen molar-refractivity contribution in [3.05, 3.63) is 105 Å². The van der Waals surface area contributed by atoms with Crippen LogP contribution in [0.25, 0.3) is 23.1 Å². The Morgan fingerprint density at radius 2 is 1.62 bits per heavy atom. The molecular weight excluding hydrogens is 504 g/mol. The molecule has 7 heteroatoms. The number of benzene rings is 2. The van der Waals surface area contributed by atoms with Crippen LogP contribution in [0.3, 0.4) is 0 Å². The molecule has 0 bridgehead atoms. The van der Waals surface area contributed by atoms with Gasteiger partial charge in [-0.2, -0.15) is 10.5 Å². The lowest BCUT2D eigenvalue weighted by molar-refractivity contribution is 0.122. The van der Waals surface area contributed by atoms with Crippen LogP contribution in [0.1, 0.15) is 29.7 Å². The zero-order valence-electron chi connectivity index (χ0n) is 21.4. The van der Waals surface area contributed by atoms with E-state index in [1.54, 1.807) is 11.3 Å². The third-order valence-electron chi connectivity index (χ3n) is 7.08. The van der Waals surface area contributed by atoms with Crippen LogP contribution in [-0.2, 0) is 9.47 Å². The fraction of sp³-hybridized carbons (Fsp3) is 0.219. The molecule has 1 aliphatic carbocycles. The lowest BCUT2D eigenvalue weighted by Crippen LogP contribution is -2.36. The van der Waals surface area contributed by atoms with Crippen molar-refractivity contribution < 1.29 is 9.47 Å².